The number of aromatic amines is 1. The van der Waals surface area contributed by atoms with Crippen LogP contribution in [0, 0.1) is 5.92 Å². The first-order chi connectivity index (χ1) is 24.1. The number of carbonyl (C=O) groups excluding carboxylic acids is 4. The summed E-state index contributed by atoms with van der Waals surface area (Å²) in [6.07, 6.45) is 1.58. The average molecular weight is 739 g/mol. The van der Waals surface area contributed by atoms with Gasteiger partial charge >= 0.3 is 5.97 Å². The van der Waals surface area contributed by atoms with Crippen LogP contribution in [-0.4, -0.2) is 46.3 Å². The lowest BCUT2D eigenvalue weighted by Gasteiger charge is -2.28. The lowest BCUT2D eigenvalue weighted by molar-refractivity contribution is -0.131. The molecule has 1 spiro atoms. The maximum absolute atomic E-state index is 14.3. The molecule has 2 amide bonds. The Kier molecular flexibility index (Phi) is 7.55. The number of para-hydroxylation sites is 2. The Morgan fingerprint density at radius 3 is 2.70 bits per heavy atom. The minimum Gasteiger partial charge on any atom is -0.469 e. The van der Waals surface area contributed by atoms with Crippen LogP contribution < -0.4 is 25.4 Å². The highest BCUT2D eigenvalue weighted by Crippen LogP contribution is 2.59. The third-order valence-corrected chi connectivity index (χ3v) is 10.2. The smallest absolute Gasteiger partial charge is 0.308 e. The number of hydrogen-bond donors (Lipinski definition) is 4. The Labute approximate surface area is 294 Å². The predicted molar refractivity (Wildman–Crippen MR) is 185 cm³/mol. The molecule has 0 radical (unpaired) electrons. The molecule has 3 atom stereocenters. The first-order valence-corrected chi connectivity index (χ1v) is 17.1. The number of nitrogens with zero attached hydrogens (tertiary/aromatic N) is 1. The van der Waals surface area contributed by atoms with Crippen molar-refractivity contribution in [3.05, 3.63) is 105 Å². The van der Waals surface area contributed by atoms with E-state index in [4.69, 9.17) is 18.9 Å². The summed E-state index contributed by atoms with van der Waals surface area (Å²) in [6, 6.07) is 16.1. The van der Waals surface area contributed by atoms with Crippen LogP contribution in [0.4, 0.5) is 5.69 Å². The molecule has 2 unspecified atom stereocenters. The number of aromatic nitrogens is 2. The maximum atomic E-state index is 14.3. The molecule has 12 nitrogen and oxygen atoms in total. The largest absolute Gasteiger partial charge is 0.469 e. The van der Waals surface area contributed by atoms with Crippen LogP contribution in [0.5, 0.6) is 11.5 Å². The van der Waals surface area contributed by atoms with Crippen molar-refractivity contribution < 1.29 is 33.1 Å². The number of ketones is 1. The van der Waals surface area contributed by atoms with E-state index < -0.39 is 29.6 Å². The van der Waals surface area contributed by atoms with Crippen molar-refractivity contribution in [1.29, 1.82) is 0 Å². The summed E-state index contributed by atoms with van der Waals surface area (Å²) >= 11 is 3.68. The van der Waals surface area contributed by atoms with Crippen LogP contribution in [-0.2, 0) is 21.4 Å². The van der Waals surface area contributed by atoms with Gasteiger partial charge in [-0.05, 0) is 52.0 Å². The van der Waals surface area contributed by atoms with Crippen molar-refractivity contribution in [2.45, 2.75) is 51.3 Å². The zero-order valence-electron chi connectivity index (χ0n) is 27.3. The highest BCUT2D eigenvalue weighted by Gasteiger charge is 2.61. The van der Waals surface area contributed by atoms with Crippen LogP contribution in [0.3, 0.4) is 0 Å². The number of hydrogen-bond acceptors (Lipinski definition) is 9. The van der Waals surface area contributed by atoms with Crippen LogP contribution in [0.15, 0.2) is 69.7 Å². The molecule has 0 saturated carbocycles. The number of fused-ring (bicyclic) bond motifs is 5. The van der Waals surface area contributed by atoms with Gasteiger partial charge in [-0.3, -0.25) is 19.2 Å². The maximum Gasteiger partial charge on any atom is 0.308 e. The molecule has 5 aromatic rings. The third kappa shape index (κ3) is 4.90. The quantitative estimate of drug-likeness (QED) is 0.0973. The van der Waals surface area contributed by atoms with Gasteiger partial charge in [-0.1, -0.05) is 50.2 Å². The molecule has 0 fully saturated rings. The number of anilines is 1. The van der Waals surface area contributed by atoms with Gasteiger partial charge in [-0.15, -0.1) is 0 Å². The van der Waals surface area contributed by atoms with Gasteiger partial charge in [0.2, 0.25) is 11.8 Å². The fourth-order valence-corrected chi connectivity index (χ4v) is 7.74. The first kappa shape index (κ1) is 31.8. The molecule has 2 aromatic heterocycles. The molecule has 3 aromatic carbocycles. The van der Waals surface area contributed by atoms with Gasteiger partial charge in [-0.25, -0.2) is 4.98 Å². The van der Waals surface area contributed by atoms with Crippen LogP contribution in [0.2, 0.25) is 0 Å². The number of ether oxygens (including phenoxy) is 2. The van der Waals surface area contributed by atoms with E-state index >= 15 is 0 Å². The molecule has 8 rings (SSSR count). The third-order valence-electron chi connectivity index (χ3n) is 9.57. The van der Waals surface area contributed by atoms with E-state index in [1.807, 2.05) is 50.2 Å². The second-order valence-electron chi connectivity index (χ2n) is 13.0. The Morgan fingerprint density at radius 2 is 1.90 bits per heavy atom. The summed E-state index contributed by atoms with van der Waals surface area (Å²) in [5.74, 6) is -0.470. The normalized spacial score (nSPS) is 20.1. The molecular weight excluding hydrogens is 706 g/mol. The minimum absolute atomic E-state index is 0.0236. The Morgan fingerprint density at radius 1 is 1.08 bits per heavy atom. The number of nitrogens with one attached hydrogen (secondary N) is 4. The van der Waals surface area contributed by atoms with Crippen molar-refractivity contribution >= 4 is 56.1 Å². The van der Waals surface area contributed by atoms with Gasteiger partial charge in [0.25, 0.3) is 5.91 Å². The van der Waals surface area contributed by atoms with E-state index in [-0.39, 0.29) is 47.9 Å². The summed E-state index contributed by atoms with van der Waals surface area (Å²) in [7, 11) is 0. The van der Waals surface area contributed by atoms with E-state index in [0.29, 0.717) is 34.4 Å². The fraction of sp³-hybridized carbons (Fsp3) is 0.270. The van der Waals surface area contributed by atoms with E-state index in [9.17, 15) is 19.2 Å². The number of benzene rings is 3. The Bertz CT molecular complexity index is 2260. The topological polar surface area (TPSA) is 165 Å². The van der Waals surface area contributed by atoms with E-state index in [2.05, 4.69) is 36.9 Å². The highest BCUT2D eigenvalue weighted by molar-refractivity contribution is 9.10. The number of aryl methyl sites for hydroxylation is 1. The Balaban J connectivity index is 1.24. The number of amides is 2. The zero-order chi connectivity index (χ0) is 34.9. The Hall–Kier alpha value is -5.43. The van der Waals surface area contributed by atoms with Crippen molar-refractivity contribution in [3.63, 3.8) is 0 Å². The average Bonchev–Trinajstić information content (AvgIpc) is 3.85. The van der Waals surface area contributed by atoms with Gasteiger partial charge < -0.3 is 34.8 Å². The number of esters is 1. The summed E-state index contributed by atoms with van der Waals surface area (Å²) in [4.78, 5) is 60.4. The molecule has 3 aliphatic heterocycles. The van der Waals surface area contributed by atoms with Crippen molar-refractivity contribution in [1.82, 2.24) is 20.6 Å². The number of oxazole rings is 1. The zero-order valence-corrected chi connectivity index (χ0v) is 28.9. The highest BCUT2D eigenvalue weighted by atomic mass is 79.9. The SMILES string of the molecule is CC(=O)Oc1cccc2c(C(=O)CNC(=O)c3nc4oc3[C@]35c6cc(ccc6OC3Nc3c(Br)cccc35)CCC(=O)NC4C(C)C)c[nH]c12. The fourth-order valence-electron chi connectivity index (χ4n) is 7.26. The van der Waals surface area contributed by atoms with E-state index in [1.165, 1.54) is 13.1 Å². The van der Waals surface area contributed by atoms with E-state index in [1.54, 1.807) is 18.2 Å². The molecule has 254 valence electrons. The second kappa shape index (κ2) is 11.9. The number of carbonyl (C=O) groups is 4. The lowest BCUT2D eigenvalue weighted by Crippen LogP contribution is -2.41. The van der Waals surface area contributed by atoms with Crippen LogP contribution in [0.1, 0.15) is 82.4 Å². The number of Topliss-reactive ketones (excluding diaryl/α,β-unsaturated/α-hetero) is 1. The second-order valence-corrected chi connectivity index (χ2v) is 13.9. The van der Waals surface area contributed by atoms with Gasteiger partial charge in [-0.2, -0.15) is 0 Å². The number of halogens is 1. The summed E-state index contributed by atoms with van der Waals surface area (Å²) in [6.45, 7) is 4.83. The van der Waals surface area contributed by atoms with Gasteiger partial charge in [0.1, 0.15) is 17.2 Å². The molecular formula is C37H32BrN5O7. The van der Waals surface area contributed by atoms with Gasteiger partial charge in [0, 0.05) is 46.1 Å². The van der Waals surface area contributed by atoms with Crippen molar-refractivity contribution in [3.8, 4) is 11.5 Å². The molecule has 13 heteroatoms. The van der Waals surface area contributed by atoms with Crippen LogP contribution in [0.25, 0.3) is 10.9 Å². The number of H-pyrrole nitrogens is 1. The minimum atomic E-state index is -1.14. The first-order valence-electron chi connectivity index (χ1n) is 16.3. The standard InChI is InChI=1S/C37H32BrN5O7/c1-17(2)29-35-42-32(34(47)40-16-25(45)21-15-39-30-20(21)6-4-9-27(30)48-18(3)44)33(50-35)37-22-7-5-8-24(38)31(22)43-36(37)49-26-12-10-19(14-23(26)37)11-13-28(46)41-29/h4-10,12,14-15,17,29,36,39,43H,11,13,16H2,1-3H3,(H,40,47)(H,41,46)/t29?,36?,37-/m0/s1. The molecule has 4 N–H and O–H groups in total. The van der Waals surface area contributed by atoms with E-state index in [0.717, 1.165) is 26.9 Å². The molecule has 4 bridgehead atoms. The van der Waals surface area contributed by atoms with Crippen molar-refractivity contribution in [2.24, 2.45) is 5.92 Å². The predicted octanol–water partition coefficient (Wildman–Crippen LogP) is 5.69. The monoisotopic (exact) mass is 737 g/mol. The van der Waals surface area contributed by atoms with Gasteiger partial charge in [0.05, 0.1) is 17.7 Å². The summed E-state index contributed by atoms with van der Waals surface area (Å²) < 4.78 is 19.3. The summed E-state index contributed by atoms with van der Waals surface area (Å²) in [5, 5.41) is 9.89. The lowest BCUT2D eigenvalue weighted by atomic mass is 9.72. The molecule has 5 heterocycles. The molecule has 50 heavy (non-hydrogen) atoms. The number of rotatable bonds is 6. The van der Waals surface area contributed by atoms with Crippen LogP contribution >= 0.6 is 15.9 Å². The van der Waals surface area contributed by atoms with Gasteiger partial charge in [0.15, 0.2) is 29.2 Å². The van der Waals surface area contributed by atoms with Crippen molar-refractivity contribution in [2.75, 3.05) is 11.9 Å². The summed E-state index contributed by atoms with van der Waals surface area (Å²) in [5.41, 5.74) is 2.97. The molecule has 0 saturated heterocycles. The molecule has 3 aliphatic rings. The molecule has 0 aliphatic carbocycles.